The van der Waals surface area contributed by atoms with Gasteiger partial charge in [0.25, 0.3) is 10.0 Å². The van der Waals surface area contributed by atoms with Crippen molar-refractivity contribution in [3.05, 3.63) is 94.5 Å². The molecule has 0 unspecified atom stereocenters. The summed E-state index contributed by atoms with van der Waals surface area (Å²) in [5.74, 6) is -0.909. The summed E-state index contributed by atoms with van der Waals surface area (Å²) in [5.41, 5.74) is 0.789. The number of hydrogen-bond acceptors (Lipinski definition) is 4. The van der Waals surface area contributed by atoms with Crippen LogP contribution in [-0.4, -0.2) is 43.8 Å². The van der Waals surface area contributed by atoms with E-state index in [1.807, 2.05) is 13.8 Å². The molecular weight excluding hydrogens is 545 g/mol. The summed E-state index contributed by atoms with van der Waals surface area (Å²) in [5, 5.41) is 3.46. The Morgan fingerprint density at radius 1 is 0.868 bits per heavy atom. The van der Waals surface area contributed by atoms with Crippen molar-refractivity contribution >= 4 is 50.7 Å². The summed E-state index contributed by atoms with van der Waals surface area (Å²) in [6.07, 6.45) is 0.312. The normalized spacial score (nSPS) is 12.2. The molecule has 1 atom stereocenters. The standard InChI is InChI=1S/C28H31Cl2N3O4S/c1-4-25(28(35)31-20(2)3)32(18-21-12-8-9-15-23(21)29)27(34)19-33(26-17-11-10-16-24(26)30)38(36,37)22-13-6-5-7-14-22/h5-17,20,25H,4,18-19H2,1-3H3,(H,31,35)/t25-/m0/s1. The number of sulfonamides is 1. The largest absolute Gasteiger partial charge is 0.352 e. The molecule has 3 aromatic rings. The monoisotopic (exact) mass is 575 g/mol. The molecule has 3 rings (SSSR count). The number of anilines is 1. The van der Waals surface area contributed by atoms with Crippen molar-refractivity contribution in [3.63, 3.8) is 0 Å². The number of nitrogens with one attached hydrogen (secondary N) is 1. The Morgan fingerprint density at radius 2 is 1.45 bits per heavy atom. The molecular formula is C28H31Cl2N3O4S. The average Bonchev–Trinajstić information content (AvgIpc) is 2.88. The Balaban J connectivity index is 2.08. The molecule has 202 valence electrons. The number of rotatable bonds is 11. The van der Waals surface area contributed by atoms with E-state index in [1.54, 1.807) is 67.6 Å². The zero-order valence-corrected chi connectivity index (χ0v) is 23.8. The van der Waals surface area contributed by atoms with E-state index in [-0.39, 0.29) is 34.1 Å². The van der Waals surface area contributed by atoms with E-state index in [4.69, 9.17) is 23.2 Å². The highest BCUT2D eigenvalue weighted by Gasteiger charge is 2.34. The van der Waals surface area contributed by atoms with Gasteiger partial charge in [0.1, 0.15) is 12.6 Å². The quantitative estimate of drug-likeness (QED) is 0.326. The third-order valence-corrected chi connectivity index (χ3v) is 8.31. The molecule has 0 heterocycles. The van der Waals surface area contributed by atoms with E-state index in [2.05, 4.69) is 5.32 Å². The lowest BCUT2D eigenvalue weighted by Crippen LogP contribution is -2.53. The van der Waals surface area contributed by atoms with E-state index in [0.29, 0.717) is 17.0 Å². The fourth-order valence-electron chi connectivity index (χ4n) is 4.00. The van der Waals surface area contributed by atoms with E-state index >= 15 is 0 Å². The minimum atomic E-state index is -4.18. The van der Waals surface area contributed by atoms with Crippen LogP contribution in [0.2, 0.25) is 10.0 Å². The number of para-hydroxylation sites is 1. The van der Waals surface area contributed by atoms with Gasteiger partial charge in [0.05, 0.1) is 15.6 Å². The van der Waals surface area contributed by atoms with Gasteiger partial charge in [-0.15, -0.1) is 0 Å². The van der Waals surface area contributed by atoms with Crippen LogP contribution in [0.3, 0.4) is 0 Å². The summed E-state index contributed by atoms with van der Waals surface area (Å²) < 4.78 is 28.5. The average molecular weight is 577 g/mol. The molecule has 3 aromatic carbocycles. The second kappa shape index (κ2) is 13.1. The highest BCUT2D eigenvalue weighted by atomic mass is 35.5. The van der Waals surface area contributed by atoms with Crippen molar-refractivity contribution in [1.29, 1.82) is 0 Å². The van der Waals surface area contributed by atoms with Gasteiger partial charge in [0.2, 0.25) is 11.8 Å². The molecule has 0 bridgehead atoms. The minimum absolute atomic E-state index is 0.00923. The van der Waals surface area contributed by atoms with Gasteiger partial charge in [-0.1, -0.05) is 78.7 Å². The topological polar surface area (TPSA) is 86.8 Å². The minimum Gasteiger partial charge on any atom is -0.352 e. The fourth-order valence-corrected chi connectivity index (χ4v) is 5.93. The van der Waals surface area contributed by atoms with Crippen LogP contribution in [0.1, 0.15) is 32.8 Å². The number of hydrogen-bond donors (Lipinski definition) is 1. The first-order valence-electron chi connectivity index (χ1n) is 12.2. The van der Waals surface area contributed by atoms with Crippen LogP contribution < -0.4 is 9.62 Å². The number of carbonyl (C=O) groups excluding carboxylic acids is 2. The maximum atomic E-state index is 14.0. The number of nitrogens with zero attached hydrogens (tertiary/aromatic N) is 2. The molecule has 38 heavy (non-hydrogen) atoms. The molecule has 7 nitrogen and oxygen atoms in total. The van der Waals surface area contributed by atoms with Gasteiger partial charge in [0, 0.05) is 17.6 Å². The first kappa shape index (κ1) is 29.5. The van der Waals surface area contributed by atoms with Gasteiger partial charge < -0.3 is 10.2 Å². The number of halogens is 2. The third-order valence-electron chi connectivity index (χ3n) is 5.85. The van der Waals surface area contributed by atoms with Crippen LogP contribution in [0.4, 0.5) is 5.69 Å². The molecule has 0 saturated carbocycles. The van der Waals surface area contributed by atoms with Crippen molar-refractivity contribution < 1.29 is 18.0 Å². The van der Waals surface area contributed by atoms with Crippen molar-refractivity contribution in [1.82, 2.24) is 10.2 Å². The van der Waals surface area contributed by atoms with Gasteiger partial charge in [-0.05, 0) is 56.2 Å². The first-order valence-corrected chi connectivity index (χ1v) is 14.4. The van der Waals surface area contributed by atoms with Gasteiger partial charge >= 0.3 is 0 Å². The predicted octanol–water partition coefficient (Wildman–Crippen LogP) is 5.52. The number of benzene rings is 3. The highest BCUT2D eigenvalue weighted by molar-refractivity contribution is 7.92. The maximum absolute atomic E-state index is 14.0. The molecule has 10 heteroatoms. The van der Waals surface area contributed by atoms with E-state index in [9.17, 15) is 18.0 Å². The summed E-state index contributed by atoms with van der Waals surface area (Å²) in [7, 11) is -4.18. The van der Waals surface area contributed by atoms with Crippen molar-refractivity contribution in [2.24, 2.45) is 0 Å². The maximum Gasteiger partial charge on any atom is 0.264 e. The SMILES string of the molecule is CC[C@@H](C(=O)NC(C)C)N(Cc1ccccc1Cl)C(=O)CN(c1ccccc1Cl)S(=O)(=O)c1ccccc1. The molecule has 0 aliphatic rings. The molecule has 2 amide bonds. The first-order chi connectivity index (χ1) is 18.1. The van der Waals surface area contributed by atoms with Crippen molar-refractivity contribution in [2.75, 3.05) is 10.8 Å². The molecule has 0 saturated heterocycles. The lowest BCUT2D eigenvalue weighted by Gasteiger charge is -2.34. The zero-order valence-electron chi connectivity index (χ0n) is 21.5. The summed E-state index contributed by atoms with van der Waals surface area (Å²) in [4.78, 5) is 28.5. The molecule has 0 radical (unpaired) electrons. The Bertz CT molecular complexity index is 1370. The van der Waals surface area contributed by atoms with Crippen molar-refractivity contribution in [2.45, 2.75) is 50.7 Å². The second-order valence-electron chi connectivity index (χ2n) is 8.98. The van der Waals surface area contributed by atoms with Gasteiger partial charge in [0.15, 0.2) is 0 Å². The smallest absolute Gasteiger partial charge is 0.264 e. The molecule has 0 aliphatic heterocycles. The molecule has 1 N–H and O–H groups in total. The third kappa shape index (κ3) is 7.07. The summed E-state index contributed by atoms with van der Waals surface area (Å²) >= 11 is 12.8. The van der Waals surface area contributed by atoms with E-state index < -0.39 is 28.5 Å². The molecule has 0 aliphatic carbocycles. The lowest BCUT2D eigenvalue weighted by atomic mass is 10.1. The Kier molecular flexibility index (Phi) is 10.2. The fraction of sp³-hybridized carbons (Fsp3) is 0.286. The van der Waals surface area contributed by atoms with Crippen LogP contribution in [0.25, 0.3) is 0 Å². The second-order valence-corrected chi connectivity index (χ2v) is 11.7. The number of carbonyl (C=O) groups is 2. The van der Waals surface area contributed by atoms with Crippen LogP contribution >= 0.6 is 23.2 Å². The van der Waals surface area contributed by atoms with Crippen molar-refractivity contribution in [3.8, 4) is 0 Å². The Hall–Kier alpha value is -3.07. The van der Waals surface area contributed by atoms with Gasteiger partial charge in [-0.3, -0.25) is 13.9 Å². The summed E-state index contributed by atoms with van der Waals surface area (Å²) in [6.45, 7) is 4.90. The summed E-state index contributed by atoms with van der Waals surface area (Å²) in [6, 6.07) is 20.3. The number of amides is 2. The zero-order chi connectivity index (χ0) is 27.9. The van der Waals surface area contributed by atoms with Crippen LogP contribution in [-0.2, 0) is 26.2 Å². The lowest BCUT2D eigenvalue weighted by molar-refractivity contribution is -0.140. The molecule has 0 fully saturated rings. The van der Waals surface area contributed by atoms with Crippen LogP contribution in [0.5, 0.6) is 0 Å². The Labute approximate surface area is 234 Å². The van der Waals surface area contributed by atoms with Gasteiger partial charge in [-0.2, -0.15) is 0 Å². The highest BCUT2D eigenvalue weighted by Crippen LogP contribution is 2.31. The van der Waals surface area contributed by atoms with Crippen LogP contribution in [0.15, 0.2) is 83.8 Å². The van der Waals surface area contributed by atoms with Gasteiger partial charge in [-0.25, -0.2) is 8.42 Å². The Morgan fingerprint density at radius 3 is 2.03 bits per heavy atom. The molecule has 0 spiro atoms. The van der Waals surface area contributed by atoms with E-state index in [0.717, 1.165) is 4.31 Å². The van der Waals surface area contributed by atoms with E-state index in [1.165, 1.54) is 23.1 Å². The molecule has 0 aromatic heterocycles. The predicted molar refractivity (Wildman–Crippen MR) is 152 cm³/mol. The van der Waals surface area contributed by atoms with Crippen LogP contribution in [0, 0.1) is 0 Å².